The van der Waals surface area contributed by atoms with Gasteiger partial charge in [-0.15, -0.1) is 0 Å². The zero-order valence-corrected chi connectivity index (χ0v) is 32.0. The Kier molecular flexibility index (Phi) is 9.06. The predicted octanol–water partition coefficient (Wildman–Crippen LogP) is 8.82. The molecule has 52 heavy (non-hydrogen) atoms. The first kappa shape index (κ1) is 35.2. The third-order valence-corrected chi connectivity index (χ3v) is 11.3. The molecule has 7 rings (SSSR count). The van der Waals surface area contributed by atoms with Crippen molar-refractivity contribution >= 4 is 50.4 Å². The Hall–Kier alpha value is -5.23. The van der Waals surface area contributed by atoms with Crippen LogP contribution in [0.5, 0.6) is 0 Å². The van der Waals surface area contributed by atoms with Crippen molar-refractivity contribution in [3.05, 3.63) is 131 Å². The summed E-state index contributed by atoms with van der Waals surface area (Å²) in [5, 5.41) is 4.89. The maximum Gasteiger partial charge on any atom is 0.288 e. The molecule has 0 bridgehead atoms. The fourth-order valence-corrected chi connectivity index (χ4v) is 8.48. The van der Waals surface area contributed by atoms with Crippen molar-refractivity contribution < 1.29 is 14.2 Å². The Bertz CT molecular complexity index is 2280. The summed E-state index contributed by atoms with van der Waals surface area (Å²) < 4.78 is 2.22. The second-order valence-electron chi connectivity index (χ2n) is 15.9. The highest BCUT2D eigenvalue weighted by Crippen LogP contribution is 2.51. The highest BCUT2D eigenvalue weighted by atomic mass is 16.2. The number of benzene rings is 4. The predicted molar refractivity (Wildman–Crippen MR) is 216 cm³/mol. The number of amides is 2. The average Bonchev–Trinajstić information content (AvgIpc) is 3.47. The SMILES string of the molecule is CN(C)C(=O)CN1/C(=C/C=C2C=C(/C=C/C3=[N+](CC(=O)N(C)C)c4ccc5ccccc5c4C3(C)C)CCC/2)C(C)(C)c2c1ccc1ccccc21. The molecule has 0 saturated carbocycles. The molecule has 4 aromatic carbocycles. The van der Waals surface area contributed by atoms with Gasteiger partial charge >= 0.3 is 0 Å². The number of carbonyl (C=O) groups is 2. The van der Waals surface area contributed by atoms with E-state index in [9.17, 15) is 9.59 Å². The summed E-state index contributed by atoms with van der Waals surface area (Å²) in [5.41, 5.74) is 8.98. The molecule has 0 radical (unpaired) electrons. The molecule has 0 fully saturated rings. The van der Waals surface area contributed by atoms with E-state index in [1.165, 1.54) is 43.8 Å². The number of nitrogens with zero attached hydrogens (tertiary/aromatic N) is 4. The van der Waals surface area contributed by atoms with Crippen molar-refractivity contribution in [1.29, 1.82) is 0 Å². The van der Waals surface area contributed by atoms with E-state index in [1.807, 2.05) is 28.2 Å². The van der Waals surface area contributed by atoms with Crippen LogP contribution in [0, 0.1) is 0 Å². The molecule has 4 aromatic rings. The van der Waals surface area contributed by atoms with Gasteiger partial charge in [-0.25, -0.2) is 0 Å². The van der Waals surface area contributed by atoms with Crippen LogP contribution in [0.2, 0.25) is 0 Å². The van der Waals surface area contributed by atoms with E-state index in [-0.39, 0.29) is 22.6 Å². The van der Waals surface area contributed by atoms with Crippen LogP contribution in [-0.4, -0.2) is 73.2 Å². The molecular weight excluding hydrogens is 641 g/mol. The number of hydrogen-bond acceptors (Lipinski definition) is 3. The van der Waals surface area contributed by atoms with Gasteiger partial charge < -0.3 is 14.7 Å². The standard InChI is InChI=1S/C46H51N4O2/c1-45(2)39(49(29-41(51)47(5)6)37-24-22-33-16-9-11-18-35(33)43(37)45)26-20-31-14-13-15-32(28-31)21-27-40-46(3,4)44-36-19-12-10-17-34(36)23-25-38(44)50(40)30-42(52)48(7)8/h9-12,16-28H,13-15,29-30H2,1-8H3/q+1. The molecule has 0 aromatic heterocycles. The number of hydrogen-bond donors (Lipinski definition) is 0. The lowest BCUT2D eigenvalue weighted by atomic mass is 9.79. The van der Waals surface area contributed by atoms with E-state index in [0.717, 1.165) is 42.0 Å². The van der Waals surface area contributed by atoms with Gasteiger partial charge in [-0.3, -0.25) is 9.59 Å². The molecule has 0 spiro atoms. The number of rotatable bonds is 7. The average molecular weight is 692 g/mol. The second kappa shape index (κ2) is 13.4. The van der Waals surface area contributed by atoms with E-state index in [0.29, 0.717) is 13.1 Å². The Morgan fingerprint density at radius 2 is 1.37 bits per heavy atom. The lowest BCUT2D eigenvalue weighted by molar-refractivity contribution is -0.426. The van der Waals surface area contributed by atoms with Gasteiger partial charge in [-0.2, -0.15) is 4.58 Å². The van der Waals surface area contributed by atoms with Crippen molar-refractivity contribution in [3.63, 3.8) is 0 Å². The van der Waals surface area contributed by atoms with E-state index in [4.69, 9.17) is 0 Å². The molecule has 3 aliphatic rings. The fourth-order valence-electron chi connectivity index (χ4n) is 8.48. The van der Waals surface area contributed by atoms with E-state index in [1.54, 1.807) is 9.80 Å². The van der Waals surface area contributed by atoms with Gasteiger partial charge in [0.05, 0.1) is 5.41 Å². The van der Waals surface area contributed by atoms with Gasteiger partial charge in [0.1, 0.15) is 6.54 Å². The Balaban J connectivity index is 1.26. The van der Waals surface area contributed by atoms with Crippen LogP contribution in [0.15, 0.2) is 120 Å². The van der Waals surface area contributed by atoms with Crippen LogP contribution in [0.25, 0.3) is 21.5 Å². The third kappa shape index (κ3) is 6.08. The monoisotopic (exact) mass is 691 g/mol. The van der Waals surface area contributed by atoms with Crippen LogP contribution in [0.4, 0.5) is 11.4 Å². The molecule has 1 aliphatic carbocycles. The lowest BCUT2D eigenvalue weighted by Crippen LogP contribution is -2.36. The molecule has 0 saturated heterocycles. The summed E-state index contributed by atoms with van der Waals surface area (Å²) in [5.74, 6) is 0.147. The Labute approximate surface area is 308 Å². The van der Waals surface area contributed by atoms with Gasteiger partial charge in [0.15, 0.2) is 5.71 Å². The number of allylic oxidation sites excluding steroid dienone is 8. The highest BCUT2D eigenvalue weighted by Gasteiger charge is 2.46. The van der Waals surface area contributed by atoms with Crippen molar-refractivity contribution in [3.8, 4) is 0 Å². The molecular formula is C46H51N4O2+. The summed E-state index contributed by atoms with van der Waals surface area (Å²) in [7, 11) is 7.29. The van der Waals surface area contributed by atoms with Crippen LogP contribution < -0.4 is 4.90 Å². The van der Waals surface area contributed by atoms with Gasteiger partial charge in [-0.1, -0.05) is 86.7 Å². The molecule has 0 unspecified atom stereocenters. The molecule has 0 atom stereocenters. The molecule has 6 nitrogen and oxygen atoms in total. The van der Waals surface area contributed by atoms with Gasteiger partial charge in [0, 0.05) is 62.7 Å². The number of fused-ring (bicyclic) bond motifs is 6. The molecule has 0 N–H and O–H groups in total. The molecule has 2 aliphatic heterocycles. The van der Waals surface area contributed by atoms with E-state index in [2.05, 4.69) is 140 Å². The van der Waals surface area contributed by atoms with Crippen molar-refractivity contribution in [1.82, 2.24) is 9.80 Å². The quantitative estimate of drug-likeness (QED) is 0.182. The summed E-state index contributed by atoms with van der Waals surface area (Å²) in [6.07, 6.45) is 14.4. The largest absolute Gasteiger partial charge is 0.347 e. The molecule has 2 amide bonds. The van der Waals surface area contributed by atoms with Gasteiger partial charge in [0.2, 0.25) is 18.1 Å². The summed E-state index contributed by atoms with van der Waals surface area (Å²) in [6, 6.07) is 25.8. The van der Waals surface area contributed by atoms with Crippen LogP contribution in [-0.2, 0) is 20.4 Å². The topological polar surface area (TPSA) is 46.9 Å². The normalized spacial score (nSPS) is 19.2. The van der Waals surface area contributed by atoms with Crippen LogP contribution >= 0.6 is 0 Å². The Morgan fingerprint density at radius 1 is 0.731 bits per heavy atom. The summed E-state index contributed by atoms with van der Waals surface area (Å²) in [6.45, 7) is 9.70. The van der Waals surface area contributed by atoms with Crippen molar-refractivity contribution in [2.24, 2.45) is 0 Å². The first-order valence-electron chi connectivity index (χ1n) is 18.5. The number of carbonyl (C=O) groups excluding carboxylic acids is 2. The van der Waals surface area contributed by atoms with Gasteiger partial charge in [-0.05, 0) is 89.6 Å². The summed E-state index contributed by atoms with van der Waals surface area (Å²) in [4.78, 5) is 31.9. The minimum Gasteiger partial charge on any atom is -0.347 e. The number of anilines is 1. The molecule has 6 heteroatoms. The first-order chi connectivity index (χ1) is 24.8. The third-order valence-electron chi connectivity index (χ3n) is 11.3. The zero-order chi connectivity index (χ0) is 36.9. The minimum atomic E-state index is -0.293. The van der Waals surface area contributed by atoms with E-state index < -0.39 is 0 Å². The van der Waals surface area contributed by atoms with E-state index >= 15 is 0 Å². The minimum absolute atomic E-state index is 0.0733. The van der Waals surface area contributed by atoms with Crippen LogP contribution in [0.3, 0.4) is 0 Å². The second-order valence-corrected chi connectivity index (χ2v) is 15.9. The van der Waals surface area contributed by atoms with Crippen molar-refractivity contribution in [2.45, 2.75) is 57.8 Å². The maximum absolute atomic E-state index is 13.2. The summed E-state index contributed by atoms with van der Waals surface area (Å²) >= 11 is 0. The molecule has 2 heterocycles. The maximum atomic E-state index is 13.2. The lowest BCUT2D eigenvalue weighted by Gasteiger charge is -2.27. The molecule has 266 valence electrons. The highest BCUT2D eigenvalue weighted by molar-refractivity contribution is 6.08. The smallest absolute Gasteiger partial charge is 0.288 e. The zero-order valence-electron chi connectivity index (χ0n) is 32.0. The number of likely N-dealkylation sites (N-methyl/N-ethyl adjacent to an activating group) is 2. The first-order valence-corrected chi connectivity index (χ1v) is 18.5. The van der Waals surface area contributed by atoms with Crippen molar-refractivity contribution in [2.75, 3.05) is 46.2 Å². The Morgan fingerprint density at radius 3 is 2.04 bits per heavy atom. The fraction of sp³-hybridized carbons (Fsp3) is 0.326. The van der Waals surface area contributed by atoms with Crippen LogP contribution in [0.1, 0.15) is 58.1 Å². The van der Waals surface area contributed by atoms with Gasteiger partial charge in [0.25, 0.3) is 5.91 Å².